The maximum absolute atomic E-state index is 16.3. The minimum atomic E-state index is -3.15. The van der Waals surface area contributed by atoms with Crippen LogP contribution in [0.4, 0.5) is 27.6 Å². The average Bonchev–Trinajstić information content (AvgIpc) is 4.18. The SMILES string of the molecule is [2H]C([2H])(c1ccc(-c2[c-]cc(F)cc2F)nc1)C([2H])([2H])c1cc(-c2cc(F)ccc2-c2cnc3c(c2-c2ccc(-c4ccccc4)cc2)[N+]2=NC=CC2c2ccc[c-]c2-3)cc(C([2H])([2H])C([2H])([2H])c2ccc(-c3[c-]cc(F)cc3F)nc2)c1.[Ir+3]. The zero-order valence-electron chi connectivity index (χ0n) is 46.9. The van der Waals surface area contributed by atoms with Crippen LogP contribution in [0.1, 0.15) is 44.8 Å². The molecular formula is C64H40F5IrN5+. The van der Waals surface area contributed by atoms with Crippen molar-refractivity contribution in [1.29, 1.82) is 0 Å². The van der Waals surface area contributed by atoms with Crippen LogP contribution in [0.5, 0.6) is 0 Å². The summed E-state index contributed by atoms with van der Waals surface area (Å²) in [5.41, 5.74) is 4.47. The zero-order chi connectivity index (χ0) is 57.5. The molecule has 0 saturated heterocycles. The number of hydrogen-bond acceptors (Lipinski definition) is 4. The van der Waals surface area contributed by atoms with E-state index in [1.165, 1.54) is 54.6 Å². The van der Waals surface area contributed by atoms with Crippen molar-refractivity contribution in [2.45, 2.75) is 31.5 Å². The van der Waals surface area contributed by atoms with Gasteiger partial charge < -0.3 is 9.97 Å². The summed E-state index contributed by atoms with van der Waals surface area (Å²) in [7, 11) is 0. The third-order valence-electron chi connectivity index (χ3n) is 12.7. The van der Waals surface area contributed by atoms with Crippen molar-refractivity contribution < 1.29 is 57.7 Å². The molecule has 1 unspecified atom stereocenters. The largest absolute Gasteiger partial charge is 3.00 e. The van der Waals surface area contributed by atoms with Crippen molar-refractivity contribution in [2.75, 3.05) is 0 Å². The van der Waals surface area contributed by atoms with E-state index in [0.29, 0.717) is 45.8 Å². The summed E-state index contributed by atoms with van der Waals surface area (Å²) in [6.07, 6.45) is -5.12. The van der Waals surface area contributed by atoms with Gasteiger partial charge in [0.15, 0.2) is 6.04 Å². The van der Waals surface area contributed by atoms with Gasteiger partial charge in [0, 0.05) is 64.5 Å². The fourth-order valence-electron chi connectivity index (χ4n) is 9.26. The van der Waals surface area contributed by atoms with Gasteiger partial charge in [-0.05, 0) is 110 Å². The number of azo groups is 2. The van der Waals surface area contributed by atoms with Crippen LogP contribution < -0.4 is 0 Å². The van der Waals surface area contributed by atoms with Gasteiger partial charge in [-0.2, -0.15) is 0 Å². The summed E-state index contributed by atoms with van der Waals surface area (Å²) in [6, 6.07) is 46.5. The number of halogens is 5. The molecule has 0 N–H and O–H groups in total. The number of aryl methyl sites for hydroxylation is 4. The quantitative estimate of drug-likeness (QED) is 0.0696. The summed E-state index contributed by atoms with van der Waals surface area (Å²) in [5, 5.41) is 4.82. The Hall–Kier alpha value is -8.37. The van der Waals surface area contributed by atoms with E-state index in [1.54, 1.807) is 18.5 Å². The van der Waals surface area contributed by atoms with Crippen LogP contribution in [0, 0.1) is 47.3 Å². The molecule has 12 rings (SSSR count). The number of nitrogens with zero attached hydrogens (tertiary/aromatic N) is 5. The molecule has 0 spiro atoms. The van der Waals surface area contributed by atoms with E-state index in [4.69, 9.17) is 10.1 Å². The molecular weight excluding hydrogens is 1130 g/mol. The van der Waals surface area contributed by atoms with E-state index in [1.807, 2.05) is 77.5 Å². The molecule has 0 saturated carbocycles. The van der Waals surface area contributed by atoms with E-state index < -0.39 is 65.7 Å². The molecule has 0 aliphatic carbocycles. The van der Waals surface area contributed by atoms with Gasteiger partial charge in [-0.1, -0.05) is 137 Å². The molecule has 364 valence electrons. The first-order valence-electron chi connectivity index (χ1n) is 27.2. The van der Waals surface area contributed by atoms with Gasteiger partial charge in [-0.25, -0.2) is 4.39 Å². The monoisotopic (exact) mass is 1170 g/mol. The molecule has 5 nitrogen and oxygen atoms in total. The number of pyridine rings is 3. The summed E-state index contributed by atoms with van der Waals surface area (Å²) >= 11 is 0. The maximum Gasteiger partial charge on any atom is 3.00 e. The number of fused-ring (bicyclic) bond motifs is 6. The minimum absolute atomic E-state index is 0. The molecule has 7 aromatic carbocycles. The average molecular weight is 1170 g/mol. The van der Waals surface area contributed by atoms with E-state index in [9.17, 15) is 28.5 Å². The topological polar surface area (TPSA) is 54.0 Å². The van der Waals surface area contributed by atoms with Crippen LogP contribution in [-0.2, 0) is 45.6 Å². The van der Waals surface area contributed by atoms with Crippen molar-refractivity contribution in [3.63, 3.8) is 0 Å². The van der Waals surface area contributed by atoms with Crippen molar-refractivity contribution in [2.24, 2.45) is 5.11 Å². The van der Waals surface area contributed by atoms with Gasteiger partial charge in [-0.3, -0.25) is 22.5 Å². The summed E-state index contributed by atoms with van der Waals surface area (Å²) in [5.74, 6) is -4.50. The predicted octanol–water partition coefficient (Wildman–Crippen LogP) is 15.9. The van der Waals surface area contributed by atoms with E-state index >= 15 is 4.39 Å². The zero-order valence-corrected chi connectivity index (χ0v) is 41.3. The maximum atomic E-state index is 16.3. The van der Waals surface area contributed by atoms with Crippen LogP contribution in [0.15, 0.2) is 194 Å². The molecule has 0 fully saturated rings. The standard InChI is InChI=1S/C64H40F5N5.Ir/c65-47-20-23-50(56-38-72-63-52-9-5-4-8-51(52)61-28-29-73-74(61)64(63)62(56)45-18-16-44(17-19-45)43-6-2-1-3-7-43)55(33-47)46-31-41(12-10-39-14-26-59(70-36-39)53-24-21-48(66)34-57(53)68)30-42(32-46)13-11-40-15-27-60(71-37-40)54-25-22-49(67)35-58(54)69;/h1-8,14-23,26-38,61H,10-13H2;/q-2;+3/i10D2,11D2,12D2,13D2;. The van der Waals surface area contributed by atoms with Crippen LogP contribution in [0.25, 0.3) is 78.3 Å². The molecule has 0 bridgehead atoms. The normalized spacial score (nSPS) is 15.5. The van der Waals surface area contributed by atoms with E-state index in [0.717, 1.165) is 52.8 Å². The first kappa shape index (κ1) is 40.1. The molecule has 3 aromatic heterocycles. The Morgan fingerprint density at radius 3 is 1.72 bits per heavy atom. The van der Waals surface area contributed by atoms with Crippen LogP contribution in [0.3, 0.4) is 0 Å². The fraction of sp³-hybridized carbons (Fsp3) is 0.0781. The molecule has 0 amide bonds. The molecule has 5 heterocycles. The van der Waals surface area contributed by atoms with Gasteiger partial charge in [0.2, 0.25) is 5.69 Å². The molecule has 2 aliphatic rings. The van der Waals surface area contributed by atoms with Crippen LogP contribution >= 0.6 is 0 Å². The smallest absolute Gasteiger partial charge is 0.304 e. The predicted molar refractivity (Wildman–Crippen MR) is 276 cm³/mol. The Bertz CT molecular complexity index is 4110. The van der Waals surface area contributed by atoms with Gasteiger partial charge in [0.05, 0.1) is 17.5 Å². The van der Waals surface area contributed by atoms with E-state index in [-0.39, 0.29) is 70.9 Å². The Kier molecular flexibility index (Phi) is 11.1. The summed E-state index contributed by atoms with van der Waals surface area (Å²) < 4.78 is 152. The first-order chi connectivity index (χ1) is 39.2. The van der Waals surface area contributed by atoms with Crippen molar-refractivity contribution in [3.05, 3.63) is 264 Å². The first-order valence-corrected chi connectivity index (χ1v) is 23.2. The Morgan fingerprint density at radius 1 is 0.493 bits per heavy atom. The van der Waals surface area contributed by atoms with Gasteiger partial charge in [0.25, 0.3) is 0 Å². The van der Waals surface area contributed by atoms with Crippen LogP contribution in [-0.4, -0.2) is 19.6 Å². The molecule has 75 heavy (non-hydrogen) atoms. The van der Waals surface area contributed by atoms with Crippen molar-refractivity contribution >= 4 is 5.69 Å². The van der Waals surface area contributed by atoms with Crippen molar-refractivity contribution in [3.8, 4) is 78.3 Å². The molecule has 11 heteroatoms. The number of benzene rings is 7. The number of hydrogen-bond donors (Lipinski definition) is 0. The van der Waals surface area contributed by atoms with Gasteiger partial charge in [-0.15, -0.1) is 54.1 Å². The van der Waals surface area contributed by atoms with E-state index in [2.05, 4.69) is 28.2 Å². The number of rotatable bonds is 12. The number of aromatic nitrogens is 3. The third kappa shape index (κ3) is 9.80. The summed E-state index contributed by atoms with van der Waals surface area (Å²) in [4.78, 5) is 13.4. The third-order valence-corrected chi connectivity index (χ3v) is 12.7. The Balaban J connectivity index is 0.00000721. The second kappa shape index (κ2) is 20.9. The Morgan fingerprint density at radius 2 is 1.11 bits per heavy atom. The minimum Gasteiger partial charge on any atom is -0.304 e. The summed E-state index contributed by atoms with van der Waals surface area (Å²) in [6.45, 7) is 0. The molecule has 2 aliphatic heterocycles. The Labute approximate surface area is 455 Å². The molecule has 1 atom stereocenters. The second-order valence-electron chi connectivity index (χ2n) is 17.4. The van der Waals surface area contributed by atoms with Crippen LogP contribution in [0.2, 0.25) is 0 Å². The van der Waals surface area contributed by atoms with Crippen molar-refractivity contribution in [1.82, 2.24) is 15.0 Å². The van der Waals surface area contributed by atoms with Gasteiger partial charge >= 0.3 is 20.1 Å². The molecule has 10 aromatic rings. The van der Waals surface area contributed by atoms with Gasteiger partial charge in [0.1, 0.15) is 5.82 Å². The fourth-order valence-corrected chi connectivity index (χ4v) is 9.26. The second-order valence-corrected chi connectivity index (χ2v) is 17.4. The molecule has 0 radical (unpaired) electrons.